The number of benzene rings is 2. The van der Waals surface area contributed by atoms with Crippen molar-refractivity contribution in [2.45, 2.75) is 38.5 Å². The van der Waals surface area contributed by atoms with Gasteiger partial charge in [-0.2, -0.15) is 0 Å². The first kappa shape index (κ1) is 20.8. The lowest BCUT2D eigenvalue weighted by Gasteiger charge is -2.44. The maximum absolute atomic E-state index is 13.3. The topological polar surface area (TPSA) is 52.7 Å². The van der Waals surface area contributed by atoms with Crippen molar-refractivity contribution in [3.63, 3.8) is 0 Å². The van der Waals surface area contributed by atoms with Crippen molar-refractivity contribution in [2.75, 3.05) is 30.7 Å². The van der Waals surface area contributed by atoms with Gasteiger partial charge in [-0.3, -0.25) is 4.79 Å². The predicted octanol–water partition coefficient (Wildman–Crippen LogP) is 4.83. The number of aryl methyl sites for hydroxylation is 3. The van der Waals surface area contributed by atoms with E-state index in [9.17, 15) is 9.59 Å². The van der Waals surface area contributed by atoms with Crippen LogP contribution in [-0.2, 0) is 0 Å². The molecule has 0 atom stereocenters. The summed E-state index contributed by atoms with van der Waals surface area (Å²) in [5.74, 6) is 1.07. The van der Waals surface area contributed by atoms with E-state index >= 15 is 0 Å². The van der Waals surface area contributed by atoms with Gasteiger partial charge in [-0.15, -0.1) is 11.8 Å². The summed E-state index contributed by atoms with van der Waals surface area (Å²) in [5.41, 5.74) is 4.91. The zero-order chi connectivity index (χ0) is 21.3. The van der Waals surface area contributed by atoms with Crippen LogP contribution in [0.25, 0.3) is 0 Å². The summed E-state index contributed by atoms with van der Waals surface area (Å²) in [6, 6.07) is 13.8. The number of nitrogens with zero attached hydrogens (tertiary/aromatic N) is 2. The fraction of sp³-hybridized carbons (Fsp3) is 0.417. The Hall–Kier alpha value is -2.47. The van der Waals surface area contributed by atoms with Crippen LogP contribution in [0.1, 0.15) is 39.9 Å². The van der Waals surface area contributed by atoms with Gasteiger partial charge in [0.2, 0.25) is 0 Å². The maximum atomic E-state index is 13.3. The smallest absolute Gasteiger partial charge is 0.321 e. The number of urea groups is 1. The highest BCUT2D eigenvalue weighted by Crippen LogP contribution is 2.44. The van der Waals surface area contributed by atoms with E-state index in [4.69, 9.17) is 0 Å². The Morgan fingerprint density at radius 1 is 0.967 bits per heavy atom. The zero-order valence-electron chi connectivity index (χ0n) is 17.9. The van der Waals surface area contributed by atoms with Crippen LogP contribution in [0.2, 0.25) is 0 Å². The van der Waals surface area contributed by atoms with Crippen LogP contribution in [0.4, 0.5) is 10.5 Å². The SMILES string of the molecule is Cc1ccc(NC(=O)N2CCC3(CC2)SCCN3C(=O)c2ccccc2C)c(C)c1. The van der Waals surface area contributed by atoms with Crippen molar-refractivity contribution >= 4 is 29.4 Å². The second kappa shape index (κ2) is 8.34. The van der Waals surface area contributed by atoms with Crippen LogP contribution in [0.15, 0.2) is 42.5 Å². The average molecular weight is 424 g/mol. The molecule has 2 saturated heterocycles. The Morgan fingerprint density at radius 2 is 1.70 bits per heavy atom. The highest BCUT2D eigenvalue weighted by Gasteiger charge is 2.47. The fourth-order valence-electron chi connectivity index (χ4n) is 4.48. The van der Waals surface area contributed by atoms with E-state index in [-0.39, 0.29) is 16.8 Å². The molecule has 2 heterocycles. The molecule has 0 aromatic heterocycles. The van der Waals surface area contributed by atoms with E-state index in [0.29, 0.717) is 13.1 Å². The first-order valence-electron chi connectivity index (χ1n) is 10.5. The molecule has 0 bridgehead atoms. The molecule has 2 aromatic rings. The van der Waals surface area contributed by atoms with E-state index < -0.39 is 0 Å². The summed E-state index contributed by atoms with van der Waals surface area (Å²) in [6.07, 6.45) is 1.60. The van der Waals surface area contributed by atoms with Gasteiger partial charge >= 0.3 is 6.03 Å². The molecule has 0 saturated carbocycles. The Kier molecular flexibility index (Phi) is 5.78. The Balaban J connectivity index is 1.43. The predicted molar refractivity (Wildman–Crippen MR) is 123 cm³/mol. The number of carbonyl (C=O) groups is 2. The summed E-state index contributed by atoms with van der Waals surface area (Å²) in [4.78, 5) is 29.8. The minimum atomic E-state index is -0.198. The van der Waals surface area contributed by atoms with E-state index in [2.05, 4.69) is 16.3 Å². The minimum Gasteiger partial charge on any atom is -0.324 e. The van der Waals surface area contributed by atoms with Crippen LogP contribution in [0, 0.1) is 20.8 Å². The molecule has 2 fully saturated rings. The molecule has 0 radical (unpaired) electrons. The third-order valence-electron chi connectivity index (χ3n) is 6.25. The largest absolute Gasteiger partial charge is 0.324 e. The molecule has 1 spiro atoms. The number of hydrogen-bond donors (Lipinski definition) is 1. The van der Waals surface area contributed by atoms with E-state index in [1.165, 1.54) is 5.56 Å². The van der Waals surface area contributed by atoms with Gasteiger partial charge in [0, 0.05) is 36.6 Å². The average Bonchev–Trinajstić information content (AvgIpc) is 3.13. The number of piperidine rings is 1. The summed E-state index contributed by atoms with van der Waals surface area (Å²) < 4.78 is 0. The number of hydrogen-bond acceptors (Lipinski definition) is 3. The van der Waals surface area contributed by atoms with Gasteiger partial charge in [0.1, 0.15) is 0 Å². The molecule has 0 unspecified atom stereocenters. The van der Waals surface area contributed by atoms with Crippen LogP contribution in [0.5, 0.6) is 0 Å². The van der Waals surface area contributed by atoms with Gasteiger partial charge in [0.15, 0.2) is 0 Å². The number of nitrogens with one attached hydrogen (secondary N) is 1. The lowest BCUT2D eigenvalue weighted by atomic mass is 10.00. The van der Waals surface area contributed by atoms with Gasteiger partial charge in [0.25, 0.3) is 5.91 Å². The number of thioether (sulfide) groups is 1. The second-order valence-corrected chi connectivity index (χ2v) is 9.76. The molecule has 158 valence electrons. The second-order valence-electron chi connectivity index (χ2n) is 8.30. The van der Waals surface area contributed by atoms with Crippen molar-refractivity contribution in [2.24, 2.45) is 0 Å². The van der Waals surface area contributed by atoms with Crippen LogP contribution >= 0.6 is 11.8 Å². The number of carbonyl (C=O) groups excluding carboxylic acids is 2. The van der Waals surface area contributed by atoms with Crippen LogP contribution < -0.4 is 5.32 Å². The Bertz CT molecular complexity index is 967. The third kappa shape index (κ3) is 3.93. The van der Waals surface area contributed by atoms with Crippen molar-refractivity contribution in [3.8, 4) is 0 Å². The van der Waals surface area contributed by atoms with Gasteiger partial charge in [-0.05, 0) is 56.9 Å². The summed E-state index contributed by atoms with van der Waals surface area (Å²) in [5, 5.41) is 3.05. The maximum Gasteiger partial charge on any atom is 0.321 e. The highest BCUT2D eigenvalue weighted by molar-refractivity contribution is 8.00. The Labute approximate surface area is 182 Å². The normalized spacial score (nSPS) is 18.0. The van der Waals surface area contributed by atoms with Crippen LogP contribution in [0.3, 0.4) is 0 Å². The van der Waals surface area contributed by atoms with Crippen molar-refractivity contribution in [1.82, 2.24) is 9.80 Å². The molecule has 2 aromatic carbocycles. The van der Waals surface area contributed by atoms with E-state index in [1.807, 2.05) is 73.8 Å². The number of rotatable bonds is 2. The van der Waals surface area contributed by atoms with Crippen molar-refractivity contribution in [1.29, 1.82) is 0 Å². The first-order valence-corrected chi connectivity index (χ1v) is 11.5. The van der Waals surface area contributed by atoms with Crippen molar-refractivity contribution < 1.29 is 9.59 Å². The van der Waals surface area contributed by atoms with Crippen LogP contribution in [-0.4, -0.2) is 52.0 Å². The van der Waals surface area contributed by atoms with Gasteiger partial charge < -0.3 is 15.1 Å². The molecular formula is C24H29N3O2S. The monoisotopic (exact) mass is 423 g/mol. The van der Waals surface area contributed by atoms with Gasteiger partial charge in [-0.25, -0.2) is 4.79 Å². The molecule has 2 aliphatic rings. The molecule has 0 aliphatic carbocycles. The first-order chi connectivity index (χ1) is 14.4. The molecular weight excluding hydrogens is 394 g/mol. The molecule has 4 rings (SSSR count). The summed E-state index contributed by atoms with van der Waals surface area (Å²) >= 11 is 1.87. The quantitative estimate of drug-likeness (QED) is 0.753. The van der Waals surface area contributed by atoms with Crippen molar-refractivity contribution in [3.05, 3.63) is 64.7 Å². The lowest BCUT2D eigenvalue weighted by Crippen LogP contribution is -2.54. The molecule has 5 nitrogen and oxygen atoms in total. The standard InChI is InChI=1S/C24H29N3O2S/c1-17-8-9-21(19(3)16-17)25-23(29)26-12-10-24(11-13-26)27(14-15-30-24)22(28)20-7-5-4-6-18(20)2/h4-9,16H,10-15H2,1-3H3,(H,25,29). The number of likely N-dealkylation sites (tertiary alicyclic amines) is 1. The lowest BCUT2D eigenvalue weighted by molar-refractivity contribution is 0.0585. The third-order valence-corrected chi connectivity index (χ3v) is 7.81. The number of amides is 3. The number of anilines is 1. The summed E-state index contributed by atoms with van der Waals surface area (Å²) in [7, 11) is 0. The molecule has 6 heteroatoms. The zero-order valence-corrected chi connectivity index (χ0v) is 18.7. The van der Waals surface area contributed by atoms with Gasteiger partial charge in [0.05, 0.1) is 4.87 Å². The molecule has 1 N–H and O–H groups in total. The molecule has 3 amide bonds. The summed E-state index contributed by atoms with van der Waals surface area (Å²) in [6.45, 7) is 8.13. The van der Waals surface area contributed by atoms with E-state index in [1.54, 1.807) is 0 Å². The molecule has 2 aliphatic heterocycles. The minimum absolute atomic E-state index is 0.0587. The highest BCUT2D eigenvalue weighted by atomic mass is 32.2. The van der Waals surface area contributed by atoms with Gasteiger partial charge in [-0.1, -0.05) is 35.9 Å². The fourth-order valence-corrected chi connectivity index (χ4v) is 5.93. The Morgan fingerprint density at radius 3 is 2.40 bits per heavy atom. The van der Waals surface area contributed by atoms with E-state index in [0.717, 1.165) is 47.5 Å². The molecule has 30 heavy (non-hydrogen) atoms.